The summed E-state index contributed by atoms with van der Waals surface area (Å²) in [6.45, 7) is 4.74. The van der Waals surface area contributed by atoms with Crippen LogP contribution >= 0.6 is 0 Å². The van der Waals surface area contributed by atoms with E-state index in [2.05, 4.69) is 62.4 Å². The number of hydrogen-bond donors (Lipinski definition) is 0. The molecule has 0 heterocycles. The predicted octanol–water partition coefficient (Wildman–Crippen LogP) is 4.87. The van der Waals surface area contributed by atoms with Crippen molar-refractivity contribution in [2.45, 2.75) is 39.0 Å². The Morgan fingerprint density at radius 3 is 2.78 bits per heavy atom. The summed E-state index contributed by atoms with van der Waals surface area (Å²) in [5.41, 5.74) is 3.46. The van der Waals surface area contributed by atoms with Gasteiger partial charge in [0, 0.05) is 0 Å². The molecule has 2 aliphatic carbocycles. The Hall–Kier alpha value is -1.30. The third-order valence-electron chi connectivity index (χ3n) is 4.66. The second-order valence-electron chi connectivity index (χ2n) is 6.29. The van der Waals surface area contributed by atoms with Gasteiger partial charge < -0.3 is 0 Å². The molecule has 0 aromatic heterocycles. The molecule has 0 N–H and O–H groups in total. The highest BCUT2D eigenvalue weighted by Crippen LogP contribution is 2.46. The molecule has 94 valence electrons. The van der Waals surface area contributed by atoms with Crippen molar-refractivity contribution in [3.8, 4) is 0 Å². The molecule has 0 saturated heterocycles. The summed E-state index contributed by atoms with van der Waals surface area (Å²) in [4.78, 5) is 0. The fourth-order valence-electron chi connectivity index (χ4n) is 3.66. The Labute approximate surface area is 110 Å². The molecular weight excluding hydrogens is 216 g/mol. The van der Waals surface area contributed by atoms with Gasteiger partial charge in [0.2, 0.25) is 0 Å². The van der Waals surface area contributed by atoms with Gasteiger partial charge in [0.1, 0.15) is 0 Å². The number of benzene rings is 1. The Balaban J connectivity index is 1.99. The SMILES string of the molecule is CC1(C)C=CC=CC1C1CCCc2ccccc21. The van der Waals surface area contributed by atoms with Gasteiger partial charge >= 0.3 is 0 Å². The van der Waals surface area contributed by atoms with Crippen molar-refractivity contribution >= 4 is 0 Å². The van der Waals surface area contributed by atoms with E-state index in [0.29, 0.717) is 11.8 Å². The summed E-state index contributed by atoms with van der Waals surface area (Å²) in [5, 5.41) is 0. The number of allylic oxidation sites excluding steroid dienone is 4. The van der Waals surface area contributed by atoms with E-state index < -0.39 is 0 Å². The van der Waals surface area contributed by atoms with Crippen LogP contribution in [0.1, 0.15) is 43.7 Å². The molecule has 2 aliphatic rings. The van der Waals surface area contributed by atoms with Gasteiger partial charge in [-0.05, 0) is 47.6 Å². The van der Waals surface area contributed by atoms with Gasteiger partial charge in [-0.15, -0.1) is 0 Å². The molecule has 1 aromatic carbocycles. The van der Waals surface area contributed by atoms with Crippen LogP contribution in [0.15, 0.2) is 48.6 Å². The molecule has 0 amide bonds. The normalized spacial score (nSPS) is 29.0. The average Bonchev–Trinajstić information content (AvgIpc) is 2.38. The van der Waals surface area contributed by atoms with E-state index in [0.717, 1.165) is 0 Å². The molecule has 0 saturated carbocycles. The molecular formula is C18H22. The quantitative estimate of drug-likeness (QED) is 0.654. The van der Waals surface area contributed by atoms with Crippen LogP contribution in [0.25, 0.3) is 0 Å². The lowest BCUT2D eigenvalue weighted by Gasteiger charge is -2.40. The third kappa shape index (κ3) is 1.94. The van der Waals surface area contributed by atoms with Crippen LogP contribution in [0.2, 0.25) is 0 Å². The Kier molecular flexibility index (Phi) is 2.89. The average molecular weight is 238 g/mol. The lowest BCUT2D eigenvalue weighted by atomic mass is 9.64. The maximum atomic E-state index is 2.42. The number of fused-ring (bicyclic) bond motifs is 1. The molecule has 0 spiro atoms. The monoisotopic (exact) mass is 238 g/mol. The van der Waals surface area contributed by atoms with Crippen molar-refractivity contribution < 1.29 is 0 Å². The predicted molar refractivity (Wildman–Crippen MR) is 77.7 cm³/mol. The zero-order valence-electron chi connectivity index (χ0n) is 11.4. The zero-order valence-corrected chi connectivity index (χ0v) is 11.4. The minimum atomic E-state index is 0.282. The van der Waals surface area contributed by atoms with E-state index in [9.17, 15) is 0 Å². The Bertz CT molecular complexity index is 491. The van der Waals surface area contributed by atoms with Gasteiger partial charge in [0.05, 0.1) is 0 Å². The molecule has 2 unspecified atom stereocenters. The van der Waals surface area contributed by atoms with Crippen LogP contribution in [0.4, 0.5) is 0 Å². The van der Waals surface area contributed by atoms with E-state index in [1.54, 1.807) is 11.1 Å². The standard InChI is InChI=1S/C18H22/c1-18(2)13-6-5-12-17(18)16-11-7-9-14-8-3-4-10-15(14)16/h3-6,8,10,12-13,16-17H,7,9,11H2,1-2H3. The fraction of sp³-hybridized carbons (Fsp3) is 0.444. The van der Waals surface area contributed by atoms with Crippen LogP contribution in [0.5, 0.6) is 0 Å². The summed E-state index contributed by atoms with van der Waals surface area (Å²) in [7, 11) is 0. The van der Waals surface area contributed by atoms with E-state index in [-0.39, 0.29) is 5.41 Å². The molecule has 0 nitrogen and oxygen atoms in total. The summed E-state index contributed by atoms with van der Waals surface area (Å²) < 4.78 is 0. The summed E-state index contributed by atoms with van der Waals surface area (Å²) in [6.07, 6.45) is 13.2. The minimum Gasteiger partial charge on any atom is -0.0800 e. The molecule has 0 heteroatoms. The van der Waals surface area contributed by atoms with Crippen molar-refractivity contribution in [2.24, 2.45) is 11.3 Å². The summed E-state index contributed by atoms with van der Waals surface area (Å²) in [5.74, 6) is 1.34. The number of hydrogen-bond acceptors (Lipinski definition) is 0. The van der Waals surface area contributed by atoms with E-state index in [4.69, 9.17) is 0 Å². The zero-order chi connectivity index (χ0) is 12.6. The molecule has 3 rings (SSSR count). The van der Waals surface area contributed by atoms with Crippen molar-refractivity contribution in [2.75, 3.05) is 0 Å². The molecule has 2 atom stereocenters. The van der Waals surface area contributed by atoms with Crippen LogP contribution in [-0.4, -0.2) is 0 Å². The smallest absolute Gasteiger partial charge is 0.00753 e. The van der Waals surface area contributed by atoms with Crippen molar-refractivity contribution in [1.29, 1.82) is 0 Å². The number of rotatable bonds is 1. The van der Waals surface area contributed by atoms with Gasteiger partial charge in [0.25, 0.3) is 0 Å². The Morgan fingerprint density at radius 2 is 1.94 bits per heavy atom. The second kappa shape index (κ2) is 4.42. The third-order valence-corrected chi connectivity index (χ3v) is 4.66. The molecule has 1 aromatic rings. The maximum absolute atomic E-state index is 2.42. The van der Waals surface area contributed by atoms with Gasteiger partial charge in [-0.2, -0.15) is 0 Å². The first-order chi connectivity index (χ1) is 8.68. The van der Waals surface area contributed by atoms with Gasteiger partial charge in [-0.3, -0.25) is 0 Å². The highest BCUT2D eigenvalue weighted by Gasteiger charge is 2.35. The molecule has 0 fully saturated rings. The van der Waals surface area contributed by atoms with E-state index >= 15 is 0 Å². The highest BCUT2D eigenvalue weighted by atomic mass is 14.4. The van der Waals surface area contributed by atoms with Crippen LogP contribution < -0.4 is 0 Å². The fourth-order valence-corrected chi connectivity index (χ4v) is 3.66. The number of aryl methyl sites for hydroxylation is 1. The minimum absolute atomic E-state index is 0.282. The van der Waals surface area contributed by atoms with Gasteiger partial charge in [-0.1, -0.05) is 62.4 Å². The first-order valence-electron chi connectivity index (χ1n) is 7.12. The summed E-state index contributed by atoms with van der Waals surface area (Å²) >= 11 is 0. The van der Waals surface area contributed by atoms with Crippen LogP contribution in [0.3, 0.4) is 0 Å². The topological polar surface area (TPSA) is 0 Å². The van der Waals surface area contributed by atoms with Crippen molar-refractivity contribution in [3.05, 3.63) is 59.7 Å². The Morgan fingerprint density at radius 1 is 1.11 bits per heavy atom. The lowest BCUT2D eigenvalue weighted by Crippen LogP contribution is -2.29. The van der Waals surface area contributed by atoms with E-state index in [1.807, 2.05) is 0 Å². The van der Waals surface area contributed by atoms with Crippen molar-refractivity contribution in [3.63, 3.8) is 0 Å². The first-order valence-corrected chi connectivity index (χ1v) is 7.12. The van der Waals surface area contributed by atoms with Crippen LogP contribution in [0, 0.1) is 11.3 Å². The lowest BCUT2D eigenvalue weighted by molar-refractivity contribution is 0.270. The van der Waals surface area contributed by atoms with Gasteiger partial charge in [0.15, 0.2) is 0 Å². The molecule has 0 aliphatic heterocycles. The highest BCUT2D eigenvalue weighted by molar-refractivity contribution is 5.35. The molecule has 0 radical (unpaired) electrons. The van der Waals surface area contributed by atoms with E-state index in [1.165, 1.54) is 19.3 Å². The largest absolute Gasteiger partial charge is 0.0800 e. The first kappa shape index (κ1) is 11.8. The molecule has 18 heavy (non-hydrogen) atoms. The van der Waals surface area contributed by atoms with Crippen LogP contribution in [-0.2, 0) is 6.42 Å². The van der Waals surface area contributed by atoms with Crippen molar-refractivity contribution in [1.82, 2.24) is 0 Å². The second-order valence-corrected chi connectivity index (χ2v) is 6.29. The van der Waals surface area contributed by atoms with Gasteiger partial charge in [-0.25, -0.2) is 0 Å². The maximum Gasteiger partial charge on any atom is -0.00753 e. The summed E-state index contributed by atoms with van der Waals surface area (Å²) in [6, 6.07) is 9.05. The molecule has 0 bridgehead atoms.